The second-order valence-electron chi connectivity index (χ2n) is 8.15. The minimum Gasteiger partial charge on any atom is -0.329 e. The first-order chi connectivity index (χ1) is 10.2. The van der Waals surface area contributed by atoms with Crippen LogP contribution in [0.15, 0.2) is 42.0 Å². The van der Waals surface area contributed by atoms with Crippen LogP contribution >= 0.6 is 0 Å². The molecule has 0 fully saturated rings. The standard InChI is InChI=1S/C20H27NSi/c1-14-13-16-12-11-15-9-7-8-10-17(15)18(16)19(14)22(5,6)21-20(2,3)4/h7-12,21H,13H2,1-6H3. The summed E-state index contributed by atoms with van der Waals surface area (Å²) in [6.45, 7) is 14.1. The molecule has 0 amide bonds. The molecular weight excluding hydrogens is 282 g/mol. The predicted molar refractivity (Wildman–Crippen MR) is 101 cm³/mol. The molecule has 0 aromatic heterocycles. The quantitative estimate of drug-likeness (QED) is 0.742. The second-order valence-corrected chi connectivity index (χ2v) is 12.2. The Balaban J connectivity index is 2.20. The maximum Gasteiger partial charge on any atom is 0.152 e. The SMILES string of the molecule is CC1=C([Si](C)(C)NC(C)(C)C)c2c(ccc3ccccc23)C1. The number of hydrogen-bond acceptors (Lipinski definition) is 1. The van der Waals surface area contributed by atoms with Crippen molar-refractivity contribution >= 4 is 24.2 Å². The molecule has 0 saturated carbocycles. The van der Waals surface area contributed by atoms with E-state index in [2.05, 4.69) is 82.2 Å². The highest BCUT2D eigenvalue weighted by atomic mass is 28.3. The van der Waals surface area contributed by atoms with Gasteiger partial charge in [0, 0.05) is 5.54 Å². The molecule has 0 radical (unpaired) electrons. The Morgan fingerprint density at radius 1 is 1.00 bits per heavy atom. The Morgan fingerprint density at radius 3 is 2.36 bits per heavy atom. The second kappa shape index (κ2) is 5.07. The zero-order valence-corrected chi connectivity index (χ0v) is 15.7. The molecule has 0 heterocycles. The maximum absolute atomic E-state index is 3.95. The molecule has 1 aliphatic rings. The number of fused-ring (bicyclic) bond motifs is 3. The lowest BCUT2D eigenvalue weighted by Crippen LogP contribution is -2.55. The van der Waals surface area contributed by atoms with Gasteiger partial charge >= 0.3 is 0 Å². The molecule has 3 rings (SSSR count). The van der Waals surface area contributed by atoms with Crippen LogP contribution in [0.3, 0.4) is 0 Å². The molecule has 1 N–H and O–H groups in total. The fourth-order valence-corrected chi connectivity index (χ4v) is 8.27. The summed E-state index contributed by atoms with van der Waals surface area (Å²) >= 11 is 0. The summed E-state index contributed by atoms with van der Waals surface area (Å²) < 4.78 is 0. The molecular formula is C20H27NSi. The summed E-state index contributed by atoms with van der Waals surface area (Å²) in [6.07, 6.45) is 1.11. The molecule has 1 aliphatic carbocycles. The van der Waals surface area contributed by atoms with Crippen molar-refractivity contribution in [1.29, 1.82) is 0 Å². The number of rotatable bonds is 2. The van der Waals surface area contributed by atoms with Gasteiger partial charge in [0.05, 0.1) is 0 Å². The Morgan fingerprint density at radius 2 is 1.68 bits per heavy atom. The third-order valence-electron chi connectivity index (χ3n) is 4.46. The van der Waals surface area contributed by atoms with Crippen molar-refractivity contribution in [2.75, 3.05) is 0 Å². The lowest BCUT2D eigenvalue weighted by Gasteiger charge is -2.35. The highest BCUT2D eigenvalue weighted by Gasteiger charge is 2.37. The minimum absolute atomic E-state index is 0.149. The molecule has 0 saturated heterocycles. The third-order valence-corrected chi connectivity index (χ3v) is 7.76. The van der Waals surface area contributed by atoms with Gasteiger partial charge in [-0.25, -0.2) is 0 Å². The van der Waals surface area contributed by atoms with Crippen LogP contribution in [0.5, 0.6) is 0 Å². The van der Waals surface area contributed by atoms with Crippen LogP contribution < -0.4 is 4.98 Å². The zero-order chi connectivity index (χ0) is 16.1. The Hall–Kier alpha value is -1.38. The van der Waals surface area contributed by atoms with E-state index in [-0.39, 0.29) is 5.54 Å². The van der Waals surface area contributed by atoms with E-state index in [0.29, 0.717) is 0 Å². The Bertz CT molecular complexity index is 763. The van der Waals surface area contributed by atoms with Crippen molar-refractivity contribution in [3.05, 3.63) is 53.1 Å². The topological polar surface area (TPSA) is 12.0 Å². The van der Waals surface area contributed by atoms with Crippen LogP contribution in [0.1, 0.15) is 38.8 Å². The van der Waals surface area contributed by atoms with Gasteiger partial charge in [-0.05, 0) is 61.2 Å². The smallest absolute Gasteiger partial charge is 0.152 e. The van der Waals surface area contributed by atoms with E-state index in [1.807, 2.05) is 0 Å². The predicted octanol–water partition coefficient (Wildman–Crippen LogP) is 5.30. The van der Waals surface area contributed by atoms with Crippen molar-refractivity contribution in [3.63, 3.8) is 0 Å². The molecule has 2 aromatic carbocycles. The number of benzene rings is 2. The third kappa shape index (κ3) is 2.66. The van der Waals surface area contributed by atoms with Gasteiger partial charge in [-0.3, -0.25) is 0 Å². The summed E-state index contributed by atoms with van der Waals surface area (Å²) in [4.78, 5) is 3.95. The summed E-state index contributed by atoms with van der Waals surface area (Å²) in [5.74, 6) is 0. The van der Waals surface area contributed by atoms with Gasteiger partial charge in [-0.15, -0.1) is 0 Å². The molecule has 2 aromatic rings. The molecule has 0 aliphatic heterocycles. The van der Waals surface area contributed by atoms with Crippen LogP contribution in [-0.4, -0.2) is 13.8 Å². The Kier molecular flexibility index (Phi) is 3.57. The molecule has 0 spiro atoms. The molecule has 116 valence electrons. The maximum atomic E-state index is 3.95. The van der Waals surface area contributed by atoms with Gasteiger partial charge in [0.25, 0.3) is 0 Å². The van der Waals surface area contributed by atoms with Crippen molar-refractivity contribution in [2.24, 2.45) is 0 Å². The van der Waals surface area contributed by atoms with Crippen molar-refractivity contribution in [1.82, 2.24) is 4.98 Å². The van der Waals surface area contributed by atoms with Crippen molar-refractivity contribution in [3.8, 4) is 0 Å². The zero-order valence-electron chi connectivity index (χ0n) is 14.7. The molecule has 0 unspecified atom stereocenters. The van der Waals surface area contributed by atoms with Crippen LogP contribution in [-0.2, 0) is 6.42 Å². The average molecular weight is 310 g/mol. The number of allylic oxidation sites excluding steroid dienone is 1. The molecule has 0 atom stereocenters. The molecule has 2 heteroatoms. The van der Waals surface area contributed by atoms with E-state index >= 15 is 0 Å². The number of nitrogens with one attached hydrogen (secondary N) is 1. The van der Waals surface area contributed by atoms with Crippen LogP contribution in [0.25, 0.3) is 16.0 Å². The van der Waals surface area contributed by atoms with Crippen LogP contribution in [0.2, 0.25) is 13.1 Å². The van der Waals surface area contributed by atoms with Gasteiger partial charge in [0.2, 0.25) is 0 Å². The number of hydrogen-bond donors (Lipinski definition) is 1. The lowest BCUT2D eigenvalue weighted by molar-refractivity contribution is 0.515. The van der Waals surface area contributed by atoms with Crippen molar-refractivity contribution in [2.45, 2.75) is 52.7 Å². The summed E-state index contributed by atoms with van der Waals surface area (Å²) in [7, 11) is -1.71. The van der Waals surface area contributed by atoms with E-state index in [4.69, 9.17) is 0 Å². The lowest BCUT2D eigenvalue weighted by atomic mass is 10.0. The van der Waals surface area contributed by atoms with E-state index in [0.717, 1.165) is 6.42 Å². The van der Waals surface area contributed by atoms with Gasteiger partial charge in [-0.1, -0.05) is 55.1 Å². The normalized spacial score (nSPS) is 15.5. The van der Waals surface area contributed by atoms with E-state index < -0.39 is 8.24 Å². The summed E-state index contributed by atoms with van der Waals surface area (Å²) in [5.41, 5.74) is 4.72. The van der Waals surface area contributed by atoms with Crippen molar-refractivity contribution < 1.29 is 0 Å². The largest absolute Gasteiger partial charge is 0.329 e. The van der Waals surface area contributed by atoms with E-state index in [9.17, 15) is 0 Å². The van der Waals surface area contributed by atoms with Gasteiger partial charge in [0.1, 0.15) is 0 Å². The first-order valence-electron chi connectivity index (χ1n) is 8.20. The minimum atomic E-state index is -1.71. The van der Waals surface area contributed by atoms with Crippen LogP contribution in [0.4, 0.5) is 0 Å². The molecule has 0 bridgehead atoms. The van der Waals surface area contributed by atoms with Crippen LogP contribution in [0, 0.1) is 0 Å². The Labute approximate surface area is 135 Å². The average Bonchev–Trinajstić information content (AvgIpc) is 2.73. The fourth-order valence-electron chi connectivity index (χ4n) is 4.19. The highest BCUT2D eigenvalue weighted by Crippen LogP contribution is 2.42. The summed E-state index contributed by atoms with van der Waals surface area (Å²) in [5, 5.41) is 4.39. The van der Waals surface area contributed by atoms with Gasteiger partial charge in [-0.2, -0.15) is 0 Å². The monoisotopic (exact) mass is 309 g/mol. The fraction of sp³-hybridized carbons (Fsp3) is 0.400. The van der Waals surface area contributed by atoms with Gasteiger partial charge in [0.15, 0.2) is 8.24 Å². The molecule has 1 nitrogen and oxygen atoms in total. The van der Waals surface area contributed by atoms with E-state index in [1.165, 1.54) is 21.9 Å². The summed E-state index contributed by atoms with van der Waals surface area (Å²) in [6, 6.07) is 13.4. The highest BCUT2D eigenvalue weighted by molar-refractivity contribution is 6.93. The van der Waals surface area contributed by atoms with E-state index in [1.54, 1.807) is 10.8 Å². The first kappa shape index (κ1) is 15.5. The molecule has 22 heavy (non-hydrogen) atoms. The first-order valence-corrected chi connectivity index (χ1v) is 11.2. The van der Waals surface area contributed by atoms with Gasteiger partial charge < -0.3 is 4.98 Å².